The third kappa shape index (κ3) is 3.39. The van der Waals surface area contributed by atoms with Crippen LogP contribution in [0.1, 0.15) is 20.8 Å². The van der Waals surface area contributed by atoms with Crippen molar-refractivity contribution in [2.75, 3.05) is 12.4 Å². The molecule has 0 aliphatic carbocycles. The van der Waals surface area contributed by atoms with Gasteiger partial charge in [-0.1, -0.05) is 22.0 Å². The van der Waals surface area contributed by atoms with Gasteiger partial charge in [0.05, 0.1) is 6.61 Å². The number of rotatable bonds is 6. The van der Waals surface area contributed by atoms with Crippen LogP contribution in [0.3, 0.4) is 0 Å². The Labute approximate surface area is 129 Å². The molecule has 0 fully saturated rings. The molecule has 2 N–H and O–H groups in total. The Morgan fingerprint density at radius 2 is 2.25 bits per heavy atom. The van der Waals surface area contributed by atoms with E-state index in [1.165, 1.54) is 11.3 Å². The van der Waals surface area contributed by atoms with Crippen LogP contribution >= 0.6 is 27.3 Å². The first-order valence-electron chi connectivity index (χ1n) is 5.93. The number of carboxylic acid groups (broad SMARTS) is 1. The van der Waals surface area contributed by atoms with E-state index in [1.807, 2.05) is 24.3 Å². The van der Waals surface area contributed by atoms with E-state index in [0.29, 0.717) is 18.0 Å². The highest BCUT2D eigenvalue weighted by atomic mass is 79.9. The number of thiophene rings is 1. The summed E-state index contributed by atoms with van der Waals surface area (Å²) in [5.74, 6) is -0.886. The Kier molecular flexibility index (Phi) is 5.17. The average molecular weight is 356 g/mol. The molecule has 2 rings (SSSR count). The Morgan fingerprint density at radius 3 is 2.95 bits per heavy atom. The lowest BCUT2D eigenvalue weighted by atomic mass is 10.1. The molecular formula is C14H14BrNO3S. The van der Waals surface area contributed by atoms with Crippen molar-refractivity contribution in [2.45, 2.75) is 13.2 Å². The van der Waals surface area contributed by atoms with Crippen molar-refractivity contribution >= 4 is 38.9 Å². The average Bonchev–Trinajstić information content (AvgIpc) is 2.88. The molecule has 1 aromatic heterocycles. The number of aromatic carboxylic acids is 1. The molecule has 4 nitrogen and oxygen atoms in total. The Bertz CT molecular complexity index is 612. The van der Waals surface area contributed by atoms with Crippen molar-refractivity contribution in [1.29, 1.82) is 0 Å². The van der Waals surface area contributed by atoms with Crippen molar-refractivity contribution in [2.24, 2.45) is 0 Å². The molecule has 0 spiro atoms. The van der Waals surface area contributed by atoms with Crippen LogP contribution in [0.4, 0.5) is 5.69 Å². The van der Waals surface area contributed by atoms with Crippen molar-refractivity contribution in [3.8, 4) is 0 Å². The van der Waals surface area contributed by atoms with Crippen molar-refractivity contribution < 1.29 is 14.6 Å². The van der Waals surface area contributed by atoms with Gasteiger partial charge in [-0.25, -0.2) is 4.79 Å². The SMILES string of the molecule is COCc1c(Br)cccc1NCc1ccsc1C(=O)O. The number of hydrogen-bond acceptors (Lipinski definition) is 4. The Balaban J connectivity index is 2.16. The summed E-state index contributed by atoms with van der Waals surface area (Å²) in [4.78, 5) is 11.4. The first kappa shape index (κ1) is 15.0. The minimum absolute atomic E-state index is 0.376. The lowest BCUT2D eigenvalue weighted by Gasteiger charge is -2.13. The second kappa shape index (κ2) is 6.88. The van der Waals surface area contributed by atoms with Gasteiger partial charge in [0.25, 0.3) is 0 Å². The fraction of sp³-hybridized carbons (Fsp3) is 0.214. The highest BCUT2D eigenvalue weighted by molar-refractivity contribution is 9.10. The zero-order valence-electron chi connectivity index (χ0n) is 10.9. The minimum atomic E-state index is -0.886. The number of hydrogen-bond donors (Lipinski definition) is 2. The number of carboxylic acids is 1. The topological polar surface area (TPSA) is 58.6 Å². The lowest BCUT2D eigenvalue weighted by Crippen LogP contribution is -2.06. The molecule has 0 saturated heterocycles. The highest BCUT2D eigenvalue weighted by Gasteiger charge is 2.12. The van der Waals surface area contributed by atoms with Gasteiger partial charge in [-0.3, -0.25) is 0 Å². The second-order valence-electron chi connectivity index (χ2n) is 4.13. The zero-order valence-corrected chi connectivity index (χ0v) is 13.3. The van der Waals surface area contributed by atoms with Crippen LogP contribution in [0.2, 0.25) is 0 Å². The summed E-state index contributed by atoms with van der Waals surface area (Å²) < 4.78 is 6.15. The number of ether oxygens (including phenoxy) is 1. The molecular weight excluding hydrogens is 342 g/mol. The van der Waals surface area contributed by atoms with Crippen molar-refractivity contribution in [3.05, 3.63) is 50.1 Å². The summed E-state index contributed by atoms with van der Waals surface area (Å²) >= 11 is 4.73. The molecule has 0 saturated carbocycles. The maximum absolute atomic E-state index is 11.1. The second-order valence-corrected chi connectivity index (χ2v) is 5.90. The van der Waals surface area contributed by atoms with E-state index in [9.17, 15) is 4.79 Å². The van der Waals surface area contributed by atoms with E-state index in [1.54, 1.807) is 12.5 Å². The van der Waals surface area contributed by atoms with Crippen LogP contribution < -0.4 is 5.32 Å². The molecule has 0 amide bonds. The van der Waals surface area contributed by atoms with Gasteiger partial charge in [-0.2, -0.15) is 0 Å². The molecule has 6 heteroatoms. The van der Waals surface area contributed by atoms with E-state index in [-0.39, 0.29) is 0 Å². The summed E-state index contributed by atoms with van der Waals surface area (Å²) in [5.41, 5.74) is 2.73. The number of benzene rings is 1. The summed E-state index contributed by atoms with van der Waals surface area (Å²) in [6.07, 6.45) is 0. The van der Waals surface area contributed by atoms with Gasteiger partial charge in [-0.15, -0.1) is 11.3 Å². The molecule has 0 atom stereocenters. The maximum Gasteiger partial charge on any atom is 0.346 e. The minimum Gasteiger partial charge on any atom is -0.477 e. The van der Waals surface area contributed by atoms with Crippen LogP contribution in [0.15, 0.2) is 34.1 Å². The smallest absolute Gasteiger partial charge is 0.346 e. The number of anilines is 1. The summed E-state index contributed by atoms with van der Waals surface area (Å²) in [7, 11) is 1.64. The third-order valence-electron chi connectivity index (χ3n) is 2.82. The molecule has 0 aliphatic rings. The number of carbonyl (C=O) groups is 1. The van der Waals surface area contributed by atoms with Crippen molar-refractivity contribution in [1.82, 2.24) is 0 Å². The van der Waals surface area contributed by atoms with Crippen LogP contribution in [-0.4, -0.2) is 18.2 Å². The van der Waals surface area contributed by atoms with Gasteiger partial charge in [0.1, 0.15) is 4.88 Å². The number of methoxy groups -OCH3 is 1. The molecule has 0 unspecified atom stereocenters. The molecule has 0 radical (unpaired) electrons. The Morgan fingerprint density at radius 1 is 1.45 bits per heavy atom. The molecule has 106 valence electrons. The lowest BCUT2D eigenvalue weighted by molar-refractivity contribution is 0.0701. The third-order valence-corrected chi connectivity index (χ3v) is 4.51. The first-order chi connectivity index (χ1) is 9.63. The van der Waals surface area contributed by atoms with Gasteiger partial charge in [0, 0.05) is 29.4 Å². The normalized spacial score (nSPS) is 10.5. The predicted molar refractivity (Wildman–Crippen MR) is 83.5 cm³/mol. The first-order valence-corrected chi connectivity index (χ1v) is 7.60. The van der Waals surface area contributed by atoms with Gasteiger partial charge in [0.15, 0.2) is 0 Å². The highest BCUT2D eigenvalue weighted by Crippen LogP contribution is 2.26. The zero-order chi connectivity index (χ0) is 14.5. The summed E-state index contributed by atoms with van der Waals surface area (Å²) in [6.45, 7) is 0.956. The monoisotopic (exact) mass is 355 g/mol. The quantitative estimate of drug-likeness (QED) is 0.822. The standard InChI is InChI=1S/C14H14BrNO3S/c1-19-8-10-11(15)3-2-4-12(10)16-7-9-5-6-20-13(9)14(17)18/h2-6,16H,7-8H2,1H3,(H,17,18). The summed E-state index contributed by atoms with van der Waals surface area (Å²) in [5, 5.41) is 14.1. The Hall–Kier alpha value is -1.37. The van der Waals surface area contributed by atoms with Gasteiger partial charge in [0.2, 0.25) is 0 Å². The maximum atomic E-state index is 11.1. The van der Waals surface area contributed by atoms with E-state index in [2.05, 4.69) is 21.2 Å². The summed E-state index contributed by atoms with van der Waals surface area (Å²) in [6, 6.07) is 7.66. The van der Waals surface area contributed by atoms with Crippen molar-refractivity contribution in [3.63, 3.8) is 0 Å². The fourth-order valence-corrected chi connectivity index (χ4v) is 3.11. The van der Waals surface area contributed by atoms with Crippen LogP contribution in [0.5, 0.6) is 0 Å². The molecule has 1 heterocycles. The predicted octanol–water partition coefficient (Wildman–Crippen LogP) is 3.97. The van der Waals surface area contributed by atoms with Crippen LogP contribution in [-0.2, 0) is 17.9 Å². The van der Waals surface area contributed by atoms with E-state index >= 15 is 0 Å². The molecule has 1 aromatic carbocycles. The van der Waals surface area contributed by atoms with E-state index < -0.39 is 5.97 Å². The number of nitrogens with one attached hydrogen (secondary N) is 1. The van der Waals surface area contributed by atoms with E-state index in [4.69, 9.17) is 9.84 Å². The van der Waals surface area contributed by atoms with Gasteiger partial charge in [-0.05, 0) is 29.1 Å². The van der Waals surface area contributed by atoms with E-state index in [0.717, 1.165) is 21.3 Å². The molecule has 0 aliphatic heterocycles. The fourth-order valence-electron chi connectivity index (χ4n) is 1.87. The molecule has 20 heavy (non-hydrogen) atoms. The van der Waals surface area contributed by atoms with Crippen LogP contribution in [0.25, 0.3) is 0 Å². The van der Waals surface area contributed by atoms with Gasteiger partial charge >= 0.3 is 5.97 Å². The van der Waals surface area contributed by atoms with Gasteiger partial charge < -0.3 is 15.2 Å². The van der Waals surface area contributed by atoms with Crippen LogP contribution in [0, 0.1) is 0 Å². The molecule has 2 aromatic rings. The largest absolute Gasteiger partial charge is 0.477 e. The molecule has 0 bridgehead atoms. The number of halogens is 1.